The number of anilines is 1. The fourth-order valence-corrected chi connectivity index (χ4v) is 16.9. The van der Waals surface area contributed by atoms with Gasteiger partial charge in [-0.25, -0.2) is 4.79 Å². The van der Waals surface area contributed by atoms with Gasteiger partial charge in [-0.1, -0.05) is 104 Å². The van der Waals surface area contributed by atoms with Crippen LogP contribution in [0.3, 0.4) is 0 Å². The van der Waals surface area contributed by atoms with Crippen LogP contribution in [0.2, 0.25) is 20.1 Å². The minimum atomic E-state index is -2.44. The van der Waals surface area contributed by atoms with Gasteiger partial charge in [-0.15, -0.1) is 0 Å². The molecular weight excluding hydrogens is 1820 g/mol. The number of aromatic hydroxyl groups is 3. The molecule has 3 saturated heterocycles. The molecule has 44 heteroatoms. The van der Waals surface area contributed by atoms with E-state index in [-0.39, 0.29) is 67.8 Å². The molecule has 23 atom stereocenters. The molecule has 7 aromatic carbocycles. The van der Waals surface area contributed by atoms with Crippen molar-refractivity contribution in [2.45, 2.75) is 207 Å². The molecule has 15 rings (SSSR count). The van der Waals surface area contributed by atoms with Gasteiger partial charge in [0.05, 0.1) is 57.8 Å². The number of phenols is 3. The van der Waals surface area contributed by atoms with Crippen molar-refractivity contribution in [2.24, 2.45) is 17.4 Å². The molecule has 8 aliphatic heterocycles. The Morgan fingerprint density at radius 1 is 0.621 bits per heavy atom. The summed E-state index contributed by atoms with van der Waals surface area (Å²) in [7, 11) is 1.46. The SMILES string of the molecule is C.CN[C@H](CC(C)C)C(=O)N[C@H]1C(=O)N[C@@H](CC(N)=O)C(=O)N[C@H]2C(=O)N[C@H]3C(=O)N[C@H](C(=O)N[C@@H](C(=O)O)c4cc(O)cc(O)c4-c4cc3ccc4O)[C@H](OC3C[C@](C)(N)[C@@H](O)[C@H](C)O3)c3ccc(c(Cl)c3)Oc3cc2cc(c3O[C@@H]2O[C@H](CO)[C@@H](O[C@@H]3O[C@H](CNCc4ccc(NC(=O)Cc5ccc(Cl)c(Cl)c5)cc4)[C@H](O)[C@H](O)[C@H]3O)[C@H](O)[C@H]2O)Oc2ccc(cc2Cl)[C@H]1O. The minimum absolute atomic E-state index is 0. The summed E-state index contributed by atoms with van der Waals surface area (Å²) in [4.78, 5) is 133. The number of primary amides is 1. The first-order valence-electron chi connectivity index (χ1n) is 41.2. The average molecular weight is 1920 g/mol. The highest BCUT2D eigenvalue weighted by atomic mass is 35.5. The predicted molar refractivity (Wildman–Crippen MR) is 469 cm³/mol. The first-order chi connectivity index (χ1) is 62.1. The monoisotopic (exact) mass is 1920 g/mol. The topological polar surface area (TPSA) is 631 Å². The van der Waals surface area contributed by atoms with Crippen LogP contribution in [0.5, 0.6) is 46.0 Å². The molecule has 3 fully saturated rings. The lowest BCUT2D eigenvalue weighted by molar-refractivity contribution is -0.350. The van der Waals surface area contributed by atoms with Gasteiger partial charge >= 0.3 is 5.97 Å². The Hall–Kier alpha value is -10.9. The summed E-state index contributed by atoms with van der Waals surface area (Å²) in [5, 5.41) is 163. The number of likely N-dealkylation sites (N-methyl/N-ethyl adjacent to an activating group) is 1. The maximum absolute atomic E-state index is 16.5. The number of hydrogen-bond donors (Lipinski definition) is 23. The van der Waals surface area contributed by atoms with Crippen molar-refractivity contribution in [2.75, 3.05) is 25.5 Å². The second-order valence-corrected chi connectivity index (χ2v) is 34.8. The molecule has 8 aliphatic rings. The molecule has 25 N–H and O–H groups in total. The highest BCUT2D eigenvalue weighted by Gasteiger charge is 2.53. The number of hydrogen-bond acceptors (Lipinski definition) is 31. The van der Waals surface area contributed by atoms with Crippen molar-refractivity contribution >= 4 is 105 Å². The van der Waals surface area contributed by atoms with E-state index in [1.807, 2.05) is 0 Å². The molecule has 1 unspecified atom stereocenters. The van der Waals surface area contributed by atoms with Gasteiger partial charge in [0.1, 0.15) is 120 Å². The lowest BCUT2D eigenvalue weighted by Gasteiger charge is -2.46. The smallest absolute Gasteiger partial charge is 0.330 e. The number of rotatable bonds is 22. The molecule has 8 amide bonds. The van der Waals surface area contributed by atoms with Gasteiger partial charge < -0.3 is 158 Å². The second kappa shape index (κ2) is 42.1. The predicted octanol–water partition coefficient (Wildman–Crippen LogP) is 2.85. The molecule has 0 spiro atoms. The molecule has 0 aromatic heterocycles. The number of ether oxygens (including phenoxy) is 8. The molecule has 0 aliphatic carbocycles. The summed E-state index contributed by atoms with van der Waals surface area (Å²) < 4.78 is 51.2. The zero-order valence-corrected chi connectivity index (χ0v) is 73.3. The van der Waals surface area contributed by atoms with Crippen molar-refractivity contribution < 1.29 is 142 Å². The van der Waals surface area contributed by atoms with Crippen LogP contribution < -0.4 is 73.5 Å². The summed E-state index contributed by atoms with van der Waals surface area (Å²) in [6.07, 6.45) is -29.6. The van der Waals surface area contributed by atoms with Gasteiger partial charge in [-0.3, -0.25) is 38.4 Å². The number of amides is 8. The van der Waals surface area contributed by atoms with E-state index in [0.29, 0.717) is 21.8 Å². The fourth-order valence-electron chi connectivity index (χ4n) is 16.1. The van der Waals surface area contributed by atoms with E-state index in [9.17, 15) is 80.5 Å². The quantitative estimate of drug-likeness (QED) is 0.0464. The van der Waals surface area contributed by atoms with E-state index in [1.165, 1.54) is 33.0 Å². The Labute approximate surface area is 773 Å². The van der Waals surface area contributed by atoms with E-state index in [0.717, 1.165) is 66.7 Å². The summed E-state index contributed by atoms with van der Waals surface area (Å²) in [5.41, 5.74) is 9.67. The Morgan fingerprint density at radius 3 is 1.87 bits per heavy atom. The summed E-state index contributed by atoms with van der Waals surface area (Å²) in [6, 6.07) is 10.3. The van der Waals surface area contributed by atoms with Crippen LogP contribution in [0.4, 0.5) is 5.69 Å². The van der Waals surface area contributed by atoms with Crippen LogP contribution in [0.1, 0.15) is 124 Å². The van der Waals surface area contributed by atoms with Crippen LogP contribution in [-0.2, 0) is 79.8 Å². The number of aliphatic hydroxyl groups is 8. The maximum Gasteiger partial charge on any atom is 0.330 e. The van der Waals surface area contributed by atoms with Crippen LogP contribution in [-0.4, -0.2) is 244 Å². The van der Waals surface area contributed by atoms with Crippen molar-refractivity contribution in [3.05, 3.63) is 180 Å². The average Bonchev–Trinajstić information content (AvgIpc) is 0.769. The Balaban J connectivity index is 0.0000157. The molecule has 0 radical (unpaired) electrons. The number of carbonyl (C=O) groups excluding carboxylic acids is 8. The number of nitrogens with one attached hydrogen (secondary N) is 9. The van der Waals surface area contributed by atoms with Gasteiger partial charge in [-0.05, 0) is 145 Å². The number of carbonyl (C=O) groups is 9. The number of aliphatic hydroxyl groups excluding tert-OH is 8. The largest absolute Gasteiger partial charge is 0.508 e. The zero-order valence-electron chi connectivity index (χ0n) is 70.2. The van der Waals surface area contributed by atoms with Gasteiger partial charge in [0, 0.05) is 53.5 Å². The van der Waals surface area contributed by atoms with E-state index in [4.69, 9.17) is 95.8 Å². The van der Waals surface area contributed by atoms with Crippen molar-refractivity contribution in [3.63, 3.8) is 0 Å². The van der Waals surface area contributed by atoms with E-state index >= 15 is 24.0 Å². The van der Waals surface area contributed by atoms with Crippen LogP contribution in [0.25, 0.3) is 11.1 Å². The van der Waals surface area contributed by atoms with E-state index in [2.05, 4.69) is 47.9 Å². The molecule has 132 heavy (non-hydrogen) atoms. The number of nitrogens with two attached hydrogens (primary N) is 2. The lowest BCUT2D eigenvalue weighted by atomic mass is 9.86. The van der Waals surface area contributed by atoms with E-state index in [1.54, 1.807) is 56.3 Å². The number of fused-ring (bicyclic) bond motifs is 15. The Morgan fingerprint density at radius 2 is 1.24 bits per heavy atom. The van der Waals surface area contributed by atoms with Gasteiger partial charge in [0.2, 0.25) is 59.3 Å². The van der Waals surface area contributed by atoms with Crippen LogP contribution in [0, 0.1) is 5.92 Å². The number of benzene rings is 7. The third-order valence-corrected chi connectivity index (χ3v) is 24.3. The highest BCUT2D eigenvalue weighted by Crippen LogP contribution is 2.51. The number of carboxylic acid groups (broad SMARTS) is 1. The second-order valence-electron chi connectivity index (χ2n) is 33.1. The number of phenolic OH excluding ortho intramolecular Hbond substituents is 3. The number of halogens is 4. The highest BCUT2D eigenvalue weighted by molar-refractivity contribution is 6.42. The molecule has 710 valence electrons. The van der Waals surface area contributed by atoms with Crippen LogP contribution >= 0.6 is 46.4 Å². The fraction of sp³-hybridized carbons (Fsp3) is 0.420. The van der Waals surface area contributed by atoms with Crippen molar-refractivity contribution in [1.82, 2.24) is 42.5 Å². The molecular formula is C88H101Cl4N11O29. The standard InChI is InChI=1S/C87H97Cl4N11O29.CH4/c1-33(2)18-49(94-5)78(116)101-66-68(109)38-10-16-53(47(90)22-38)125-55-24-40-25-56(75(55)130-86-73(114)71(112)76(58(32-103)128-86)131-85-72(113)70(111)69(110)57(127-85)31-95-30-35-6-12-41(13-7-35)96-60(108)20-36-8-14-45(88)46(89)19-36)126-54-17-11-39(23-48(54)91)74(129-61-29-87(4,93)77(115)34(3)124-61)67-83(121)100-65(84(122)123)44-26-42(104)27-52(106)62(44)43-21-37(9-15-51(43)105)63(80(118)102-67)99-81(119)64(40)98-79(117)50(28-59(92)107)97-82(66)120;/h6-17,19,21-27,33-34,49-50,57-58,61,63-74,76-77,85-86,94-95,103-106,109-115H,18,20,28-32,93H2,1-5H3,(H2,92,107)(H,96,108)(H,97,120)(H,98,117)(H,99,119)(H,100,121)(H,101,116)(H,102,118)(H,122,123);1H4/t34-,49+,50-,57+,58+,61?,63+,64+,65+,66+,67-,68+,69-,70-,71+,72+,73+,74+,76+,77-,85-,86-,87-;/m0./s1. The van der Waals surface area contributed by atoms with Crippen LogP contribution in [0.15, 0.2) is 121 Å². The first-order valence-corrected chi connectivity index (χ1v) is 42.7. The Kier molecular flexibility index (Phi) is 31.9. The molecule has 0 saturated carbocycles. The van der Waals surface area contributed by atoms with E-state index < -0.39 is 284 Å². The molecule has 7 aromatic rings. The van der Waals surface area contributed by atoms with Gasteiger partial charge in [0.25, 0.3) is 0 Å². The normalized spacial score (nSPS) is 28.7. The van der Waals surface area contributed by atoms with Crippen molar-refractivity contribution in [3.8, 4) is 57.1 Å². The summed E-state index contributed by atoms with van der Waals surface area (Å²) in [6.45, 7) is 5.24. The number of carboxylic acids is 1. The minimum Gasteiger partial charge on any atom is -0.508 e. The summed E-state index contributed by atoms with van der Waals surface area (Å²) in [5.74, 6) is -17.2. The molecule has 40 nitrogen and oxygen atoms in total. The maximum atomic E-state index is 16.5. The number of aliphatic carboxylic acids is 1. The zero-order chi connectivity index (χ0) is 94.8. The third-order valence-electron chi connectivity index (χ3n) is 23.0. The Bertz CT molecular complexity index is 5490. The van der Waals surface area contributed by atoms with Crippen molar-refractivity contribution in [1.29, 1.82) is 0 Å². The molecule has 8 heterocycles. The molecule has 11 bridgehead atoms. The lowest BCUT2D eigenvalue weighted by Crippen LogP contribution is -2.65. The van der Waals surface area contributed by atoms with Gasteiger partial charge in [0.15, 0.2) is 30.1 Å². The summed E-state index contributed by atoms with van der Waals surface area (Å²) >= 11 is 26.7. The third kappa shape index (κ3) is 22.4. The first kappa shape index (κ1) is 100. The van der Waals surface area contributed by atoms with Gasteiger partial charge in [-0.2, -0.15) is 0 Å².